The topological polar surface area (TPSA) is 19.4 Å². The van der Waals surface area contributed by atoms with Crippen molar-refractivity contribution < 1.29 is 0 Å². The average Bonchev–Trinajstić information content (AvgIpc) is 1.60. The fourth-order valence-electron chi connectivity index (χ4n) is 20.7. The first-order valence-electron chi connectivity index (χ1n) is 46.6. The minimum atomic E-state index is 0.225. The lowest BCUT2D eigenvalue weighted by atomic mass is 9.81. The molecule has 6 heteroatoms. The van der Waals surface area contributed by atoms with Gasteiger partial charge in [-0.15, -0.1) is 0 Å². The number of hydrogen-bond acceptors (Lipinski definition) is 6. The molecule has 638 valence electrons. The van der Waals surface area contributed by atoms with E-state index in [0.29, 0.717) is 36.3 Å². The molecular formula is C110H168N6. The molecule has 1 aliphatic carbocycles. The Balaban J connectivity index is 0.000000159. The highest BCUT2D eigenvalue weighted by atomic mass is 15.3. The Kier molecular flexibility index (Phi) is 33.1. The lowest BCUT2D eigenvalue weighted by Crippen LogP contribution is -2.41. The van der Waals surface area contributed by atoms with Gasteiger partial charge in [-0.3, -0.25) is 29.4 Å². The number of likely N-dealkylation sites (tertiary alicyclic amines) is 6. The summed E-state index contributed by atoms with van der Waals surface area (Å²) >= 11 is 0. The van der Waals surface area contributed by atoms with Gasteiger partial charge >= 0.3 is 0 Å². The van der Waals surface area contributed by atoms with Crippen LogP contribution in [0.4, 0.5) is 0 Å². The van der Waals surface area contributed by atoms with Crippen molar-refractivity contribution in [3.63, 3.8) is 0 Å². The molecule has 14 rings (SSSR count). The van der Waals surface area contributed by atoms with Crippen molar-refractivity contribution in [2.75, 3.05) is 39.3 Å². The van der Waals surface area contributed by atoms with E-state index < -0.39 is 0 Å². The molecule has 0 N–H and O–H groups in total. The van der Waals surface area contributed by atoms with Gasteiger partial charge in [0.1, 0.15) is 0 Å². The summed E-state index contributed by atoms with van der Waals surface area (Å²) in [4.78, 5) is 16.1. The molecule has 6 saturated heterocycles. The van der Waals surface area contributed by atoms with Crippen LogP contribution in [-0.2, 0) is 36.5 Å². The third-order valence-electron chi connectivity index (χ3n) is 26.2. The highest BCUT2D eigenvalue weighted by Gasteiger charge is 2.42. The number of aryl methyl sites for hydroxylation is 1. The Labute approximate surface area is 713 Å². The van der Waals surface area contributed by atoms with Crippen LogP contribution >= 0.6 is 0 Å². The van der Waals surface area contributed by atoms with E-state index in [1.54, 1.807) is 44.5 Å². The number of benzene rings is 7. The van der Waals surface area contributed by atoms with Crippen LogP contribution in [0.3, 0.4) is 0 Å². The normalized spacial score (nSPS) is 21.8. The third kappa shape index (κ3) is 26.2. The fraction of sp³-hybridized carbons (Fsp3) is 0.618. The second kappa shape index (κ2) is 40.8. The van der Waals surface area contributed by atoms with E-state index in [2.05, 4.69) is 392 Å². The molecule has 0 spiro atoms. The predicted molar refractivity (Wildman–Crippen MR) is 505 cm³/mol. The van der Waals surface area contributed by atoms with Crippen LogP contribution in [0.5, 0.6) is 0 Å². The van der Waals surface area contributed by atoms with Crippen LogP contribution in [0.2, 0.25) is 0 Å². The van der Waals surface area contributed by atoms with E-state index >= 15 is 0 Å². The summed E-state index contributed by atoms with van der Waals surface area (Å²) in [5.74, 6) is 1.70. The van der Waals surface area contributed by atoms with Crippen molar-refractivity contribution in [3.05, 3.63) is 248 Å². The molecule has 6 atom stereocenters. The summed E-state index contributed by atoms with van der Waals surface area (Å²) in [5.41, 5.74) is 22.0. The molecule has 6 unspecified atom stereocenters. The first-order valence-corrected chi connectivity index (χ1v) is 46.6. The summed E-state index contributed by atoms with van der Waals surface area (Å²) in [5, 5.41) is 0. The van der Waals surface area contributed by atoms with Crippen LogP contribution in [0, 0.1) is 11.8 Å². The molecule has 0 amide bonds. The van der Waals surface area contributed by atoms with E-state index in [4.69, 9.17) is 0 Å². The highest BCUT2D eigenvalue weighted by molar-refractivity contribution is 5.40. The van der Waals surface area contributed by atoms with Gasteiger partial charge < -0.3 is 0 Å². The van der Waals surface area contributed by atoms with Crippen LogP contribution in [0.15, 0.2) is 176 Å². The van der Waals surface area contributed by atoms with Crippen molar-refractivity contribution >= 4 is 0 Å². The summed E-state index contributed by atoms with van der Waals surface area (Å²) in [6, 6.07) is 68.9. The largest absolute Gasteiger partial charge is 0.291 e. The fourth-order valence-corrected chi connectivity index (χ4v) is 20.7. The van der Waals surface area contributed by atoms with Crippen LogP contribution in [-0.4, -0.2) is 102 Å². The van der Waals surface area contributed by atoms with E-state index in [1.807, 2.05) is 0 Å². The van der Waals surface area contributed by atoms with Crippen molar-refractivity contribution in [3.8, 4) is 0 Å². The van der Waals surface area contributed by atoms with Gasteiger partial charge in [0.05, 0.1) is 0 Å². The van der Waals surface area contributed by atoms with Gasteiger partial charge in [0.25, 0.3) is 0 Å². The molecule has 7 aromatic rings. The maximum Gasteiger partial charge on any atom is 0.0356 e. The molecular weight excluding hydrogens is 1410 g/mol. The minimum absolute atomic E-state index is 0.225. The van der Waals surface area contributed by atoms with Crippen molar-refractivity contribution in [1.82, 2.24) is 29.4 Å². The Morgan fingerprint density at radius 2 is 0.526 bits per heavy atom. The Bertz CT molecular complexity index is 3920. The summed E-state index contributed by atoms with van der Waals surface area (Å²) in [6.07, 6.45) is 24.7. The van der Waals surface area contributed by atoms with E-state index in [1.165, 1.54) is 183 Å². The van der Waals surface area contributed by atoms with Crippen molar-refractivity contribution in [1.29, 1.82) is 0 Å². The predicted octanol–water partition coefficient (Wildman–Crippen LogP) is 29.0. The van der Waals surface area contributed by atoms with Crippen LogP contribution in [0.1, 0.15) is 392 Å². The molecule has 116 heavy (non-hydrogen) atoms. The van der Waals surface area contributed by atoms with Crippen LogP contribution in [0.25, 0.3) is 0 Å². The van der Waals surface area contributed by atoms with Gasteiger partial charge in [-0.2, -0.15) is 0 Å². The zero-order valence-corrected chi connectivity index (χ0v) is 79.2. The lowest BCUT2D eigenvalue weighted by molar-refractivity contribution is 0.120. The first-order chi connectivity index (χ1) is 54.5. The zero-order valence-electron chi connectivity index (χ0n) is 79.2. The maximum absolute atomic E-state index is 2.71. The maximum atomic E-state index is 2.71. The standard InChI is InChI=1S/C21H27N.C18H27N.3C18H29N.C17H27N/c1-21(2,3)22-15-9-14-20(22)19-13-8-7-12-18(19)16-17-10-5-4-6-11-17;1-18(2,3)19-12-6-9-17(19)16-8-5-4-7-15(16)13-14-10-11-14;2*1-17(2,3)15-11-8-7-10-14(15)16-12-9-13-19(16)18(4,5)6;1-14(2)13-15-9-6-7-10-16(15)17-11-8-12-19(17)18(3,4)5;1-5-9-14-10-6-7-11-15(14)16-12-8-13-18(16)17(2,3)4/h4-8,10-13,20H,9,14-16H2,1-3H3;4-5,7-8,14,17H,6,9-13H2,1-3H3;2*7-8,10-11,16H,9,12-13H2,1-6H3;6-7,9-10,14,17H,8,11-13H2,1-5H3;6-7,10-11,16H,5,8-9,12-13H2,1-4H3. The zero-order chi connectivity index (χ0) is 84.8. The summed E-state index contributed by atoms with van der Waals surface area (Å²) in [7, 11) is 0. The number of nitrogens with zero attached hydrogens (tertiary/aromatic N) is 6. The molecule has 6 nitrogen and oxygen atoms in total. The van der Waals surface area contributed by atoms with Gasteiger partial charge in [0.15, 0.2) is 0 Å². The highest BCUT2D eigenvalue weighted by Crippen LogP contribution is 2.47. The second-order valence-electron chi connectivity index (χ2n) is 44.3. The van der Waals surface area contributed by atoms with Gasteiger partial charge in [0, 0.05) is 69.5 Å². The number of rotatable bonds is 14. The molecule has 6 heterocycles. The molecule has 0 aromatic heterocycles. The minimum Gasteiger partial charge on any atom is -0.291 e. The van der Waals surface area contributed by atoms with Crippen LogP contribution < -0.4 is 0 Å². The SMILES string of the molecule is CC(C)(C)N1CCCC1c1ccccc1CC1CC1.CC(C)(C)N1CCCC1c1ccccc1Cc1ccccc1.CC(C)(C)c1ccccc1C1CCCN1C(C)(C)C.CC(C)(C)c1ccccc1C1CCCN1C(C)(C)C.CC(C)Cc1ccccc1C1CCCN1C(C)(C)C.CCCc1ccccc1C1CCCN1C(C)(C)C. The quantitative estimate of drug-likeness (QED) is 0.107. The molecule has 1 saturated carbocycles. The Morgan fingerprint density at radius 3 is 0.828 bits per heavy atom. The van der Waals surface area contributed by atoms with Crippen molar-refractivity contribution in [2.24, 2.45) is 11.8 Å². The van der Waals surface area contributed by atoms with Gasteiger partial charge in [0.2, 0.25) is 0 Å². The van der Waals surface area contributed by atoms with Gasteiger partial charge in [-0.1, -0.05) is 245 Å². The smallest absolute Gasteiger partial charge is 0.0356 e. The molecule has 7 aromatic carbocycles. The molecule has 7 fully saturated rings. The van der Waals surface area contributed by atoms with Gasteiger partial charge in [-0.25, -0.2) is 0 Å². The first kappa shape index (κ1) is 94.2. The average molecular weight is 1570 g/mol. The Morgan fingerprint density at radius 1 is 0.276 bits per heavy atom. The Hall–Kier alpha value is -5.70. The molecule has 7 aliphatic rings. The molecule has 0 radical (unpaired) electrons. The second-order valence-corrected chi connectivity index (χ2v) is 44.3. The monoisotopic (exact) mass is 1570 g/mol. The molecule has 6 aliphatic heterocycles. The van der Waals surface area contributed by atoms with Crippen molar-refractivity contribution in [2.45, 2.75) is 389 Å². The summed E-state index contributed by atoms with van der Waals surface area (Å²) in [6.45, 7) is 70.4. The van der Waals surface area contributed by atoms with Gasteiger partial charge in [-0.05, 0) is 374 Å². The van der Waals surface area contributed by atoms with E-state index in [0.717, 1.165) is 18.3 Å². The third-order valence-corrected chi connectivity index (χ3v) is 26.2. The summed E-state index contributed by atoms with van der Waals surface area (Å²) < 4.78 is 0. The van der Waals surface area contributed by atoms with E-state index in [-0.39, 0.29) is 44.1 Å². The molecule has 0 bridgehead atoms. The number of hydrogen-bond donors (Lipinski definition) is 0. The van der Waals surface area contributed by atoms with E-state index in [9.17, 15) is 0 Å². The lowest BCUT2D eigenvalue weighted by Gasteiger charge is -2.39.